The van der Waals surface area contributed by atoms with Crippen LogP contribution in [0.1, 0.15) is 10.4 Å². The molecule has 6 N–H and O–H groups in total. The van der Waals surface area contributed by atoms with Crippen LogP contribution >= 0.6 is 11.3 Å². The number of rotatable bonds is 4. The lowest BCUT2D eigenvalue weighted by Gasteiger charge is -2.09. The number of thiophene rings is 1. The quantitative estimate of drug-likeness (QED) is 0.324. The zero-order chi connectivity index (χ0) is 24.3. The molecule has 0 saturated carbocycles. The highest BCUT2D eigenvalue weighted by molar-refractivity contribution is 7.91. The van der Waals surface area contributed by atoms with Gasteiger partial charge < -0.3 is 16.6 Å². The molecule has 0 spiro atoms. The van der Waals surface area contributed by atoms with Crippen molar-refractivity contribution in [2.45, 2.75) is 22.9 Å². The maximum Gasteiger partial charge on any atom is 0.490 e. The first-order valence-electron chi connectivity index (χ1n) is 8.70. The topological polar surface area (TPSA) is 147 Å². The zero-order valence-electron chi connectivity index (χ0n) is 16.5. The van der Waals surface area contributed by atoms with E-state index < -0.39 is 22.0 Å². The van der Waals surface area contributed by atoms with Crippen molar-refractivity contribution in [3.05, 3.63) is 65.0 Å². The molecule has 0 aliphatic heterocycles. The highest BCUT2D eigenvalue weighted by atomic mass is 32.2. The number of nitrogen functional groups attached to an aromatic ring is 2. The summed E-state index contributed by atoms with van der Waals surface area (Å²) < 4.78 is 57.7. The normalized spacial score (nSPS) is 11.4. The Morgan fingerprint density at radius 2 is 1.69 bits per heavy atom. The van der Waals surface area contributed by atoms with Gasteiger partial charge in [0.1, 0.15) is 15.7 Å². The second kappa shape index (κ2) is 9.40. The van der Waals surface area contributed by atoms with Gasteiger partial charge in [-0.05, 0) is 41.8 Å². The van der Waals surface area contributed by atoms with Gasteiger partial charge in [0.25, 0.3) is 0 Å². The van der Waals surface area contributed by atoms with E-state index in [0.717, 1.165) is 28.0 Å². The first-order chi connectivity index (χ1) is 14.7. The maximum absolute atomic E-state index is 13.0. The van der Waals surface area contributed by atoms with E-state index in [9.17, 15) is 21.6 Å². The Kier molecular flexibility index (Phi) is 7.31. The number of amidine groups is 1. The molecular weight excluding hydrogens is 467 g/mol. The number of sulfone groups is 1. The zero-order valence-corrected chi connectivity index (χ0v) is 18.1. The Bertz CT molecular complexity index is 1270. The van der Waals surface area contributed by atoms with Crippen LogP contribution in [-0.2, 0) is 14.6 Å². The minimum absolute atomic E-state index is 0.00960. The number of hydrogen-bond donors (Lipinski definition) is 4. The third kappa shape index (κ3) is 5.65. The maximum atomic E-state index is 13.0. The number of anilines is 1. The van der Waals surface area contributed by atoms with Gasteiger partial charge in [-0.2, -0.15) is 13.2 Å². The molecule has 0 fully saturated rings. The van der Waals surface area contributed by atoms with E-state index in [2.05, 4.69) is 0 Å². The summed E-state index contributed by atoms with van der Waals surface area (Å²) in [6, 6.07) is 15.9. The number of nitrogens with two attached hydrogens (primary N) is 2. The summed E-state index contributed by atoms with van der Waals surface area (Å²) in [5.41, 5.74) is 14.2. The molecule has 0 amide bonds. The number of aryl methyl sites for hydroxylation is 1. The molecule has 7 nitrogen and oxygen atoms in total. The van der Waals surface area contributed by atoms with Crippen LogP contribution in [0.15, 0.2) is 64.4 Å². The molecule has 0 unspecified atom stereocenters. The average molecular weight is 486 g/mol. The van der Waals surface area contributed by atoms with E-state index in [1.165, 1.54) is 6.07 Å². The number of nitrogens with one attached hydrogen (secondary N) is 1. The molecule has 0 saturated heterocycles. The SMILES string of the molecule is Cc1ccccc1-c1cccc(S(=O)(=O)c2cc(C(=N)N)sc2N)c1.O=C(O)C(F)(F)F. The van der Waals surface area contributed by atoms with Gasteiger partial charge in [-0.15, -0.1) is 11.3 Å². The van der Waals surface area contributed by atoms with E-state index in [-0.39, 0.29) is 20.6 Å². The van der Waals surface area contributed by atoms with Crippen molar-refractivity contribution in [2.75, 3.05) is 5.73 Å². The van der Waals surface area contributed by atoms with Crippen LogP contribution in [0.4, 0.5) is 18.2 Å². The number of benzene rings is 2. The Morgan fingerprint density at radius 1 is 1.09 bits per heavy atom. The average Bonchev–Trinajstić information content (AvgIpc) is 3.11. The van der Waals surface area contributed by atoms with E-state index >= 15 is 0 Å². The molecule has 1 aromatic heterocycles. The van der Waals surface area contributed by atoms with Gasteiger partial charge in [0.05, 0.1) is 9.77 Å². The Labute approximate surface area is 185 Å². The van der Waals surface area contributed by atoms with Crippen LogP contribution in [-0.4, -0.2) is 31.5 Å². The van der Waals surface area contributed by atoms with Crippen molar-refractivity contribution in [2.24, 2.45) is 5.73 Å². The standard InChI is InChI=1S/C18H17N3O2S2.C2HF3O2/c1-11-5-2-3-8-14(11)12-6-4-7-13(9-12)25(22,23)16-10-15(17(19)20)24-18(16)21;3-2(4,5)1(6)7/h2-10H,21H2,1H3,(H3,19,20);(H,6,7). The minimum atomic E-state index is -5.08. The van der Waals surface area contributed by atoms with Gasteiger partial charge in [-0.1, -0.05) is 36.4 Å². The highest BCUT2D eigenvalue weighted by Gasteiger charge is 2.38. The third-order valence-electron chi connectivity index (χ3n) is 4.12. The second-order valence-electron chi connectivity index (χ2n) is 6.40. The molecule has 0 radical (unpaired) electrons. The minimum Gasteiger partial charge on any atom is -0.475 e. The molecule has 12 heteroatoms. The fourth-order valence-corrected chi connectivity index (χ4v) is 5.13. The van der Waals surface area contributed by atoms with Crippen molar-refractivity contribution >= 4 is 38.0 Å². The van der Waals surface area contributed by atoms with Crippen LogP contribution in [0.5, 0.6) is 0 Å². The van der Waals surface area contributed by atoms with Crippen molar-refractivity contribution in [1.82, 2.24) is 0 Å². The lowest BCUT2D eigenvalue weighted by atomic mass is 10.0. The summed E-state index contributed by atoms with van der Waals surface area (Å²) in [5.74, 6) is -2.96. The largest absolute Gasteiger partial charge is 0.490 e. The van der Waals surface area contributed by atoms with Crippen LogP contribution in [0.2, 0.25) is 0 Å². The lowest BCUT2D eigenvalue weighted by Crippen LogP contribution is -2.21. The molecular formula is C20H18F3N3O4S2. The molecule has 0 aliphatic rings. The van der Waals surface area contributed by atoms with E-state index in [1.54, 1.807) is 18.2 Å². The second-order valence-corrected chi connectivity index (χ2v) is 9.40. The smallest absolute Gasteiger partial charge is 0.475 e. The summed E-state index contributed by atoms with van der Waals surface area (Å²) in [7, 11) is -3.79. The van der Waals surface area contributed by atoms with Crippen LogP contribution in [0.3, 0.4) is 0 Å². The molecule has 0 aliphatic carbocycles. The number of carboxylic acids is 1. The van der Waals surface area contributed by atoms with E-state index in [1.807, 2.05) is 37.3 Å². The fourth-order valence-electron chi connectivity index (χ4n) is 2.59. The van der Waals surface area contributed by atoms with Crippen molar-refractivity contribution in [1.29, 1.82) is 5.41 Å². The fraction of sp³-hybridized carbons (Fsp3) is 0.100. The molecule has 0 bridgehead atoms. The van der Waals surface area contributed by atoms with Crippen molar-refractivity contribution in [3.63, 3.8) is 0 Å². The summed E-state index contributed by atoms with van der Waals surface area (Å²) in [4.78, 5) is 9.39. The van der Waals surface area contributed by atoms with Crippen LogP contribution in [0.25, 0.3) is 11.1 Å². The van der Waals surface area contributed by atoms with Gasteiger partial charge in [-0.3, -0.25) is 5.41 Å². The molecule has 2 aromatic carbocycles. The first-order valence-corrected chi connectivity index (χ1v) is 11.0. The molecule has 170 valence electrons. The van der Waals surface area contributed by atoms with Crippen molar-refractivity contribution < 1.29 is 31.5 Å². The number of carbonyl (C=O) groups is 1. The van der Waals surface area contributed by atoms with Crippen LogP contribution in [0, 0.1) is 12.3 Å². The number of aliphatic carboxylic acids is 1. The van der Waals surface area contributed by atoms with E-state index in [0.29, 0.717) is 4.88 Å². The molecule has 3 rings (SSSR count). The number of alkyl halides is 3. The number of halogens is 3. The summed E-state index contributed by atoms with van der Waals surface area (Å²) in [5, 5.41) is 14.7. The first kappa shape index (κ1) is 24.9. The Morgan fingerprint density at radius 3 is 2.19 bits per heavy atom. The monoisotopic (exact) mass is 485 g/mol. The Hall–Kier alpha value is -3.38. The number of hydrogen-bond acceptors (Lipinski definition) is 6. The van der Waals surface area contributed by atoms with Gasteiger partial charge in [-0.25, -0.2) is 13.2 Å². The summed E-state index contributed by atoms with van der Waals surface area (Å²) >= 11 is 0.996. The molecule has 0 atom stereocenters. The lowest BCUT2D eigenvalue weighted by molar-refractivity contribution is -0.192. The van der Waals surface area contributed by atoms with Gasteiger partial charge in [0.2, 0.25) is 9.84 Å². The number of carboxylic acid groups (broad SMARTS) is 1. The van der Waals surface area contributed by atoms with Crippen molar-refractivity contribution in [3.8, 4) is 11.1 Å². The Balaban J connectivity index is 0.000000451. The summed E-state index contributed by atoms with van der Waals surface area (Å²) in [6.07, 6.45) is -5.08. The highest BCUT2D eigenvalue weighted by Crippen LogP contribution is 2.34. The molecule has 1 heterocycles. The summed E-state index contributed by atoms with van der Waals surface area (Å²) in [6.45, 7) is 1.98. The van der Waals surface area contributed by atoms with Crippen LogP contribution < -0.4 is 11.5 Å². The van der Waals surface area contributed by atoms with Gasteiger partial charge >= 0.3 is 12.1 Å². The van der Waals surface area contributed by atoms with Gasteiger partial charge in [0.15, 0.2) is 0 Å². The van der Waals surface area contributed by atoms with E-state index in [4.69, 9.17) is 26.8 Å². The predicted octanol–water partition coefficient (Wildman–Crippen LogP) is 4.06. The third-order valence-corrected chi connectivity index (χ3v) is 7.04. The van der Waals surface area contributed by atoms with Gasteiger partial charge in [0, 0.05) is 0 Å². The molecule has 3 aromatic rings. The molecule has 32 heavy (non-hydrogen) atoms. The predicted molar refractivity (Wildman–Crippen MR) is 116 cm³/mol.